The molecule has 3 N–H and O–H groups in total. The third-order valence-electron chi connectivity index (χ3n) is 2.33. The van der Waals surface area contributed by atoms with E-state index in [1.807, 2.05) is 10.6 Å². The number of halogens is 3. The summed E-state index contributed by atoms with van der Waals surface area (Å²) in [5, 5.41) is 9.64. The van der Waals surface area contributed by atoms with E-state index in [-0.39, 0.29) is 5.95 Å². The van der Waals surface area contributed by atoms with Gasteiger partial charge in [-0.15, -0.1) is 0 Å². The van der Waals surface area contributed by atoms with Crippen LogP contribution in [0.2, 0.25) is 0 Å². The standard InChI is InChI=1S/C11H8F3N5O2/c12-11(13,14)6-3-1-2-4-7(6)17-8(20)9(21)18-10-15-5-16-19-10/h1-5H,(H,17,20)(H2,15,16,18,19,21). The highest BCUT2D eigenvalue weighted by Crippen LogP contribution is 2.34. The van der Waals surface area contributed by atoms with Crippen molar-refractivity contribution in [3.63, 3.8) is 0 Å². The molecule has 0 radical (unpaired) electrons. The van der Waals surface area contributed by atoms with Crippen LogP contribution < -0.4 is 10.6 Å². The maximum Gasteiger partial charge on any atom is 0.418 e. The number of nitrogens with one attached hydrogen (secondary N) is 3. The van der Waals surface area contributed by atoms with Crippen LogP contribution in [0.1, 0.15) is 5.56 Å². The number of amides is 2. The zero-order chi connectivity index (χ0) is 15.5. The lowest BCUT2D eigenvalue weighted by atomic mass is 10.1. The first-order chi connectivity index (χ1) is 9.88. The second-order valence-electron chi connectivity index (χ2n) is 3.79. The maximum atomic E-state index is 12.7. The monoisotopic (exact) mass is 299 g/mol. The lowest BCUT2D eigenvalue weighted by molar-refractivity contribution is -0.137. The summed E-state index contributed by atoms with van der Waals surface area (Å²) in [6.07, 6.45) is -3.56. The topological polar surface area (TPSA) is 99.8 Å². The second kappa shape index (κ2) is 5.61. The third kappa shape index (κ3) is 3.55. The number of aromatic amines is 1. The summed E-state index contributed by atoms with van der Waals surface area (Å²) >= 11 is 0. The Hall–Kier alpha value is -2.91. The number of para-hydroxylation sites is 1. The summed E-state index contributed by atoms with van der Waals surface area (Å²) in [6.45, 7) is 0. The Morgan fingerprint density at radius 2 is 1.76 bits per heavy atom. The van der Waals surface area contributed by atoms with E-state index in [1.54, 1.807) is 0 Å². The van der Waals surface area contributed by atoms with Gasteiger partial charge in [-0.1, -0.05) is 12.1 Å². The summed E-state index contributed by atoms with van der Waals surface area (Å²) < 4.78 is 38.2. The van der Waals surface area contributed by atoms with Crippen LogP contribution in [-0.4, -0.2) is 27.0 Å². The van der Waals surface area contributed by atoms with Crippen molar-refractivity contribution in [2.24, 2.45) is 0 Å². The van der Waals surface area contributed by atoms with Gasteiger partial charge in [0, 0.05) is 0 Å². The van der Waals surface area contributed by atoms with E-state index >= 15 is 0 Å². The fourth-order valence-electron chi connectivity index (χ4n) is 1.45. The number of aromatic nitrogens is 3. The van der Waals surface area contributed by atoms with E-state index in [0.29, 0.717) is 0 Å². The number of hydrogen-bond acceptors (Lipinski definition) is 4. The molecule has 2 amide bonds. The lowest BCUT2D eigenvalue weighted by Gasteiger charge is -2.12. The molecular formula is C11H8F3N5O2. The molecule has 0 unspecified atom stereocenters. The summed E-state index contributed by atoms with van der Waals surface area (Å²) in [7, 11) is 0. The van der Waals surface area contributed by atoms with Gasteiger partial charge in [0.25, 0.3) is 0 Å². The van der Waals surface area contributed by atoms with Crippen molar-refractivity contribution < 1.29 is 22.8 Å². The van der Waals surface area contributed by atoms with Crippen LogP contribution >= 0.6 is 0 Å². The molecule has 10 heteroatoms. The number of hydrogen-bond donors (Lipinski definition) is 3. The molecule has 110 valence electrons. The van der Waals surface area contributed by atoms with E-state index in [2.05, 4.69) is 15.2 Å². The van der Waals surface area contributed by atoms with Crippen LogP contribution in [0.3, 0.4) is 0 Å². The van der Waals surface area contributed by atoms with Crippen LogP contribution in [0.4, 0.5) is 24.8 Å². The van der Waals surface area contributed by atoms with Gasteiger partial charge in [0.1, 0.15) is 6.33 Å². The summed E-state index contributed by atoms with van der Waals surface area (Å²) in [5.74, 6) is -2.54. The fraction of sp³-hybridized carbons (Fsp3) is 0.0909. The first-order valence-electron chi connectivity index (χ1n) is 5.52. The normalized spacial score (nSPS) is 11.0. The van der Waals surface area contributed by atoms with Gasteiger partial charge in [-0.3, -0.25) is 14.9 Å². The molecule has 0 aliphatic carbocycles. The van der Waals surface area contributed by atoms with E-state index in [1.165, 1.54) is 12.1 Å². The zero-order valence-corrected chi connectivity index (χ0v) is 10.2. The third-order valence-corrected chi connectivity index (χ3v) is 2.33. The van der Waals surface area contributed by atoms with Crippen LogP contribution in [0.15, 0.2) is 30.6 Å². The molecule has 0 saturated heterocycles. The summed E-state index contributed by atoms with van der Waals surface area (Å²) in [5.41, 5.74) is -1.56. The minimum absolute atomic E-state index is 0.0979. The zero-order valence-electron chi connectivity index (χ0n) is 10.2. The summed E-state index contributed by atoms with van der Waals surface area (Å²) in [4.78, 5) is 26.6. The molecule has 0 aliphatic rings. The number of alkyl halides is 3. The van der Waals surface area contributed by atoms with Gasteiger partial charge in [-0.2, -0.15) is 23.3 Å². The van der Waals surface area contributed by atoms with Crippen LogP contribution in [0.5, 0.6) is 0 Å². The maximum absolute atomic E-state index is 12.7. The van der Waals surface area contributed by atoms with E-state index in [0.717, 1.165) is 18.5 Å². The molecular weight excluding hydrogens is 291 g/mol. The Labute approximate surface area is 115 Å². The molecule has 1 heterocycles. The van der Waals surface area contributed by atoms with Crippen molar-refractivity contribution in [2.75, 3.05) is 10.6 Å². The molecule has 0 spiro atoms. The highest BCUT2D eigenvalue weighted by molar-refractivity contribution is 6.43. The van der Waals surface area contributed by atoms with Gasteiger partial charge in [0.15, 0.2) is 0 Å². The molecule has 0 fully saturated rings. The first kappa shape index (κ1) is 14.5. The first-order valence-corrected chi connectivity index (χ1v) is 5.52. The molecule has 21 heavy (non-hydrogen) atoms. The van der Waals surface area contributed by atoms with Gasteiger partial charge < -0.3 is 5.32 Å². The largest absolute Gasteiger partial charge is 0.418 e. The Morgan fingerprint density at radius 3 is 2.38 bits per heavy atom. The van der Waals surface area contributed by atoms with Crippen LogP contribution in [0, 0.1) is 0 Å². The highest BCUT2D eigenvalue weighted by Gasteiger charge is 2.34. The number of benzene rings is 1. The van der Waals surface area contributed by atoms with Crippen molar-refractivity contribution in [3.05, 3.63) is 36.2 Å². The van der Waals surface area contributed by atoms with Crippen LogP contribution in [0.25, 0.3) is 0 Å². The number of rotatable bonds is 2. The minimum Gasteiger partial charge on any atom is -0.317 e. The SMILES string of the molecule is O=C(Nc1ncn[nH]1)C(=O)Nc1ccccc1C(F)(F)F. The average Bonchev–Trinajstić information content (AvgIpc) is 2.91. The Kier molecular flexibility index (Phi) is 3.87. The smallest absolute Gasteiger partial charge is 0.317 e. The molecule has 0 bridgehead atoms. The van der Waals surface area contributed by atoms with Crippen molar-refractivity contribution >= 4 is 23.5 Å². The van der Waals surface area contributed by atoms with Gasteiger partial charge in [0.05, 0.1) is 11.3 Å². The fourth-order valence-corrected chi connectivity index (χ4v) is 1.45. The quantitative estimate of drug-likeness (QED) is 0.730. The number of carbonyl (C=O) groups is 2. The second-order valence-corrected chi connectivity index (χ2v) is 3.79. The molecule has 2 rings (SSSR count). The molecule has 0 atom stereocenters. The number of nitrogens with zero attached hydrogens (tertiary/aromatic N) is 2. The Morgan fingerprint density at radius 1 is 1.10 bits per heavy atom. The molecule has 7 nitrogen and oxygen atoms in total. The highest BCUT2D eigenvalue weighted by atomic mass is 19.4. The van der Waals surface area contributed by atoms with Crippen molar-refractivity contribution in [1.82, 2.24) is 15.2 Å². The average molecular weight is 299 g/mol. The van der Waals surface area contributed by atoms with Crippen LogP contribution in [-0.2, 0) is 15.8 Å². The molecule has 0 aliphatic heterocycles. The summed E-state index contributed by atoms with van der Waals surface area (Å²) in [6, 6.07) is 4.32. The van der Waals surface area contributed by atoms with Crippen molar-refractivity contribution in [1.29, 1.82) is 0 Å². The van der Waals surface area contributed by atoms with Gasteiger partial charge in [0.2, 0.25) is 5.95 Å². The number of H-pyrrole nitrogens is 1. The molecule has 1 aromatic heterocycles. The van der Waals surface area contributed by atoms with Crippen molar-refractivity contribution in [2.45, 2.75) is 6.18 Å². The van der Waals surface area contributed by atoms with Gasteiger partial charge in [-0.25, -0.2) is 5.10 Å². The predicted octanol–water partition coefficient (Wildman–Crippen LogP) is 1.40. The van der Waals surface area contributed by atoms with E-state index < -0.39 is 29.2 Å². The Balaban J connectivity index is 2.11. The number of carbonyl (C=O) groups excluding carboxylic acids is 2. The molecule has 2 aromatic rings. The van der Waals surface area contributed by atoms with Gasteiger partial charge >= 0.3 is 18.0 Å². The lowest BCUT2D eigenvalue weighted by Crippen LogP contribution is -2.30. The molecule has 0 saturated carbocycles. The Bertz CT molecular complexity index is 654. The van der Waals surface area contributed by atoms with E-state index in [4.69, 9.17) is 0 Å². The van der Waals surface area contributed by atoms with E-state index in [9.17, 15) is 22.8 Å². The minimum atomic E-state index is -4.65. The predicted molar refractivity (Wildman–Crippen MR) is 65.1 cm³/mol. The van der Waals surface area contributed by atoms with Gasteiger partial charge in [-0.05, 0) is 12.1 Å². The van der Waals surface area contributed by atoms with Crippen molar-refractivity contribution in [3.8, 4) is 0 Å². The molecule has 1 aromatic carbocycles. The number of anilines is 2.